The van der Waals surface area contributed by atoms with Gasteiger partial charge in [-0.25, -0.2) is 9.69 Å². The standard InChI is InChI=1S/C28H26N2O3/c1-17-11-18(2)13-21(12-17)15-22-7-5-6-8-23(22)16-25-26(31)29-28(33)30(27(25)32)24-10-9-19(3)20(4)14-24/h5-14,16H,15H2,1-4H3,(H,29,31,33)/b25-16+. The summed E-state index contributed by atoms with van der Waals surface area (Å²) in [5.41, 5.74) is 7.66. The highest BCUT2D eigenvalue weighted by molar-refractivity contribution is 6.39. The number of aryl methyl sites for hydroxylation is 4. The Balaban J connectivity index is 1.72. The monoisotopic (exact) mass is 438 g/mol. The van der Waals surface area contributed by atoms with E-state index >= 15 is 0 Å². The van der Waals surface area contributed by atoms with Crippen molar-refractivity contribution in [3.05, 3.63) is 105 Å². The molecule has 4 amide bonds. The first kappa shape index (κ1) is 22.2. The average Bonchev–Trinajstić information content (AvgIpc) is 2.74. The summed E-state index contributed by atoms with van der Waals surface area (Å²) in [6, 6.07) is 18.7. The van der Waals surface area contributed by atoms with Crippen LogP contribution in [0, 0.1) is 27.7 Å². The molecule has 166 valence electrons. The van der Waals surface area contributed by atoms with Crippen molar-refractivity contribution < 1.29 is 14.4 Å². The third kappa shape index (κ3) is 4.62. The molecule has 0 spiro atoms. The maximum atomic E-state index is 13.3. The van der Waals surface area contributed by atoms with Crippen LogP contribution in [-0.4, -0.2) is 17.8 Å². The molecule has 1 N–H and O–H groups in total. The summed E-state index contributed by atoms with van der Waals surface area (Å²) in [6.45, 7) is 8.00. The van der Waals surface area contributed by atoms with E-state index in [1.807, 2.05) is 44.2 Å². The highest BCUT2D eigenvalue weighted by atomic mass is 16.2. The molecule has 1 heterocycles. The minimum absolute atomic E-state index is 0.0688. The number of imide groups is 2. The number of benzene rings is 3. The van der Waals surface area contributed by atoms with Crippen LogP contribution < -0.4 is 10.2 Å². The van der Waals surface area contributed by atoms with Gasteiger partial charge in [-0.3, -0.25) is 14.9 Å². The maximum Gasteiger partial charge on any atom is 0.335 e. The van der Waals surface area contributed by atoms with Gasteiger partial charge in [-0.05, 0) is 80.1 Å². The van der Waals surface area contributed by atoms with Crippen LogP contribution in [0.5, 0.6) is 0 Å². The van der Waals surface area contributed by atoms with Gasteiger partial charge in [0.1, 0.15) is 5.57 Å². The molecule has 0 saturated carbocycles. The molecule has 1 aliphatic rings. The maximum absolute atomic E-state index is 13.3. The number of urea groups is 1. The van der Waals surface area contributed by atoms with Crippen molar-refractivity contribution in [3.8, 4) is 0 Å². The molecule has 3 aromatic rings. The Hall–Kier alpha value is -3.99. The molecule has 1 aliphatic heterocycles. The second-order valence-corrected chi connectivity index (χ2v) is 8.60. The Morgan fingerprint density at radius 3 is 2.21 bits per heavy atom. The van der Waals surface area contributed by atoms with E-state index < -0.39 is 17.8 Å². The normalized spacial score (nSPS) is 15.2. The molecule has 33 heavy (non-hydrogen) atoms. The third-order valence-corrected chi connectivity index (χ3v) is 5.88. The van der Waals surface area contributed by atoms with Gasteiger partial charge in [-0.2, -0.15) is 0 Å². The van der Waals surface area contributed by atoms with Crippen LogP contribution in [0.15, 0.2) is 66.2 Å². The van der Waals surface area contributed by atoms with Gasteiger partial charge in [0.15, 0.2) is 0 Å². The zero-order valence-electron chi connectivity index (χ0n) is 19.2. The van der Waals surface area contributed by atoms with Crippen molar-refractivity contribution in [3.63, 3.8) is 0 Å². The predicted octanol–water partition coefficient (Wildman–Crippen LogP) is 5.18. The minimum atomic E-state index is -0.742. The highest BCUT2D eigenvalue weighted by Crippen LogP contribution is 2.25. The van der Waals surface area contributed by atoms with Crippen molar-refractivity contribution in [2.24, 2.45) is 0 Å². The van der Waals surface area contributed by atoms with E-state index in [-0.39, 0.29) is 5.57 Å². The van der Waals surface area contributed by atoms with Crippen molar-refractivity contribution in [2.75, 3.05) is 4.90 Å². The van der Waals surface area contributed by atoms with Crippen LogP contribution in [0.4, 0.5) is 10.5 Å². The molecule has 0 atom stereocenters. The van der Waals surface area contributed by atoms with Crippen molar-refractivity contribution in [1.29, 1.82) is 0 Å². The summed E-state index contributed by atoms with van der Waals surface area (Å²) in [5.74, 6) is -1.32. The Bertz CT molecular complexity index is 1300. The lowest BCUT2D eigenvalue weighted by Crippen LogP contribution is -2.54. The van der Waals surface area contributed by atoms with E-state index in [1.54, 1.807) is 18.2 Å². The summed E-state index contributed by atoms with van der Waals surface area (Å²) in [5, 5.41) is 2.31. The van der Waals surface area contributed by atoms with Gasteiger partial charge in [0, 0.05) is 0 Å². The first-order valence-electron chi connectivity index (χ1n) is 10.9. The number of amides is 4. The van der Waals surface area contributed by atoms with Gasteiger partial charge in [0.25, 0.3) is 11.8 Å². The lowest BCUT2D eigenvalue weighted by molar-refractivity contribution is -0.122. The lowest BCUT2D eigenvalue weighted by Gasteiger charge is -2.27. The topological polar surface area (TPSA) is 66.5 Å². The molecule has 1 fully saturated rings. The van der Waals surface area contributed by atoms with Gasteiger partial charge < -0.3 is 0 Å². The number of rotatable bonds is 4. The summed E-state index contributed by atoms with van der Waals surface area (Å²) in [7, 11) is 0. The van der Waals surface area contributed by atoms with Crippen LogP contribution in [0.1, 0.15) is 38.9 Å². The molecule has 5 nitrogen and oxygen atoms in total. The van der Waals surface area contributed by atoms with Crippen molar-refractivity contribution in [1.82, 2.24) is 5.32 Å². The van der Waals surface area contributed by atoms with Crippen LogP contribution in [0.25, 0.3) is 6.08 Å². The van der Waals surface area contributed by atoms with Gasteiger partial charge in [-0.15, -0.1) is 0 Å². The number of nitrogens with zero attached hydrogens (tertiary/aromatic N) is 1. The van der Waals surface area contributed by atoms with E-state index in [9.17, 15) is 14.4 Å². The third-order valence-electron chi connectivity index (χ3n) is 5.88. The van der Waals surface area contributed by atoms with Gasteiger partial charge in [0.2, 0.25) is 0 Å². The van der Waals surface area contributed by atoms with Gasteiger partial charge in [0.05, 0.1) is 5.69 Å². The predicted molar refractivity (Wildman–Crippen MR) is 130 cm³/mol. The molecular formula is C28H26N2O3. The summed E-state index contributed by atoms with van der Waals surface area (Å²) >= 11 is 0. The van der Waals surface area contributed by atoms with E-state index in [0.717, 1.165) is 32.7 Å². The smallest absolute Gasteiger partial charge is 0.273 e. The largest absolute Gasteiger partial charge is 0.335 e. The molecule has 1 saturated heterocycles. The highest BCUT2D eigenvalue weighted by Gasteiger charge is 2.37. The number of barbiturate groups is 1. The molecule has 0 aliphatic carbocycles. The van der Waals surface area contributed by atoms with Gasteiger partial charge >= 0.3 is 6.03 Å². The molecule has 5 heteroatoms. The number of carbonyl (C=O) groups is 3. The van der Waals surface area contributed by atoms with E-state index in [1.165, 1.54) is 11.1 Å². The van der Waals surface area contributed by atoms with Gasteiger partial charge in [-0.1, -0.05) is 59.7 Å². The van der Waals surface area contributed by atoms with Crippen LogP contribution >= 0.6 is 0 Å². The fourth-order valence-electron chi connectivity index (χ4n) is 4.14. The molecule has 0 unspecified atom stereocenters. The molecule has 4 rings (SSSR count). The number of anilines is 1. The Labute approximate surface area is 193 Å². The van der Waals surface area contributed by atoms with E-state index in [2.05, 4.69) is 37.4 Å². The first-order valence-corrected chi connectivity index (χ1v) is 10.9. The van der Waals surface area contributed by atoms with Crippen molar-refractivity contribution in [2.45, 2.75) is 34.1 Å². The Morgan fingerprint density at radius 2 is 1.52 bits per heavy atom. The molecule has 3 aromatic carbocycles. The molecule has 0 bridgehead atoms. The fourth-order valence-corrected chi connectivity index (χ4v) is 4.14. The van der Waals surface area contributed by atoms with E-state index in [4.69, 9.17) is 0 Å². The van der Waals surface area contributed by atoms with Crippen molar-refractivity contribution >= 4 is 29.6 Å². The van der Waals surface area contributed by atoms with Crippen LogP contribution in [0.2, 0.25) is 0 Å². The average molecular weight is 439 g/mol. The number of nitrogens with one attached hydrogen (secondary N) is 1. The fraction of sp³-hybridized carbons (Fsp3) is 0.179. The molecule has 0 aromatic heterocycles. The number of hydrogen-bond donors (Lipinski definition) is 1. The molecule has 0 radical (unpaired) electrons. The van der Waals surface area contributed by atoms with Crippen LogP contribution in [0.3, 0.4) is 0 Å². The first-order chi connectivity index (χ1) is 15.7. The molecular weight excluding hydrogens is 412 g/mol. The zero-order valence-corrected chi connectivity index (χ0v) is 19.2. The minimum Gasteiger partial charge on any atom is -0.273 e. The lowest BCUT2D eigenvalue weighted by atomic mass is 9.95. The Kier molecular flexibility index (Phi) is 5.97. The second kappa shape index (κ2) is 8.87. The summed E-state index contributed by atoms with van der Waals surface area (Å²) < 4.78 is 0. The SMILES string of the molecule is Cc1cc(C)cc(Cc2ccccc2/C=C2\C(=O)NC(=O)N(c3ccc(C)c(C)c3)C2=O)c1. The van der Waals surface area contributed by atoms with E-state index in [0.29, 0.717) is 12.1 Å². The van der Waals surface area contributed by atoms with Crippen LogP contribution in [-0.2, 0) is 16.0 Å². The Morgan fingerprint density at radius 1 is 0.818 bits per heavy atom. The quantitative estimate of drug-likeness (QED) is 0.451. The zero-order chi connectivity index (χ0) is 23.7. The number of carbonyl (C=O) groups excluding carboxylic acids is 3. The summed E-state index contributed by atoms with van der Waals surface area (Å²) in [6.07, 6.45) is 2.24. The number of hydrogen-bond acceptors (Lipinski definition) is 3. The summed E-state index contributed by atoms with van der Waals surface area (Å²) in [4.78, 5) is 39.5. The second-order valence-electron chi connectivity index (χ2n) is 8.60.